The molecule has 8 nitrogen and oxygen atoms in total. The number of hydrogen-bond acceptors (Lipinski definition) is 7. The number of halogens is 1. The van der Waals surface area contributed by atoms with Crippen LogP contribution in [0.1, 0.15) is 37.2 Å². The largest absolute Gasteiger partial charge is 0.454 e. The Morgan fingerprint density at radius 3 is 2.66 bits per heavy atom. The Hall–Kier alpha value is -3.20. The zero-order valence-corrected chi connectivity index (χ0v) is 18.2. The second kappa shape index (κ2) is 9.12. The van der Waals surface area contributed by atoms with E-state index >= 15 is 0 Å². The SMILES string of the molecule is CCCC(c1nnnn1Cc1ccc2c(c1)OCO2)N1CCN(c2ccccc2F)CC1. The number of para-hydroxylation sites is 1. The number of hydrogen-bond donors (Lipinski definition) is 0. The molecule has 1 aromatic heterocycles. The van der Waals surface area contributed by atoms with Gasteiger partial charge in [0.15, 0.2) is 17.3 Å². The molecule has 168 valence electrons. The van der Waals surface area contributed by atoms with Crippen LogP contribution in [0.15, 0.2) is 42.5 Å². The third-order valence-corrected chi connectivity index (χ3v) is 6.14. The van der Waals surface area contributed by atoms with Crippen molar-refractivity contribution in [3.8, 4) is 11.5 Å². The van der Waals surface area contributed by atoms with Crippen LogP contribution in [-0.2, 0) is 6.54 Å². The van der Waals surface area contributed by atoms with E-state index in [0.29, 0.717) is 12.2 Å². The molecule has 0 aliphatic carbocycles. The van der Waals surface area contributed by atoms with Crippen LogP contribution in [0.3, 0.4) is 0 Å². The first-order chi connectivity index (χ1) is 15.7. The first-order valence-corrected chi connectivity index (χ1v) is 11.1. The van der Waals surface area contributed by atoms with E-state index in [-0.39, 0.29) is 18.7 Å². The predicted octanol–water partition coefficient (Wildman–Crippen LogP) is 3.25. The Balaban J connectivity index is 1.31. The van der Waals surface area contributed by atoms with E-state index in [1.54, 1.807) is 6.07 Å². The average molecular weight is 439 g/mol. The van der Waals surface area contributed by atoms with Crippen molar-refractivity contribution in [1.82, 2.24) is 25.1 Å². The summed E-state index contributed by atoms with van der Waals surface area (Å²) in [5, 5.41) is 12.7. The summed E-state index contributed by atoms with van der Waals surface area (Å²) in [7, 11) is 0. The molecule has 32 heavy (non-hydrogen) atoms. The van der Waals surface area contributed by atoms with Gasteiger partial charge in [-0.05, 0) is 46.7 Å². The maximum Gasteiger partial charge on any atom is 0.231 e. The summed E-state index contributed by atoms with van der Waals surface area (Å²) in [5.41, 5.74) is 1.73. The van der Waals surface area contributed by atoms with E-state index < -0.39 is 0 Å². The molecule has 0 radical (unpaired) electrons. The van der Waals surface area contributed by atoms with Crippen molar-refractivity contribution in [2.24, 2.45) is 0 Å². The number of piperazine rings is 1. The molecule has 5 rings (SSSR count). The maximum absolute atomic E-state index is 14.2. The molecule has 2 aliphatic heterocycles. The molecule has 0 amide bonds. The summed E-state index contributed by atoms with van der Waals surface area (Å²) in [4.78, 5) is 4.53. The molecule has 0 saturated carbocycles. The van der Waals surface area contributed by atoms with E-state index in [1.165, 1.54) is 6.07 Å². The molecule has 0 bridgehead atoms. The number of nitrogens with zero attached hydrogens (tertiary/aromatic N) is 6. The lowest BCUT2D eigenvalue weighted by Gasteiger charge is -2.39. The topological polar surface area (TPSA) is 68.5 Å². The van der Waals surface area contributed by atoms with Crippen LogP contribution in [-0.4, -0.2) is 58.1 Å². The van der Waals surface area contributed by atoms with Crippen LogP contribution < -0.4 is 14.4 Å². The lowest BCUT2D eigenvalue weighted by Crippen LogP contribution is -2.48. The summed E-state index contributed by atoms with van der Waals surface area (Å²) in [6, 6.07) is 13.0. The number of benzene rings is 2. The number of tetrazole rings is 1. The highest BCUT2D eigenvalue weighted by Crippen LogP contribution is 2.33. The number of anilines is 1. The lowest BCUT2D eigenvalue weighted by atomic mass is 10.1. The predicted molar refractivity (Wildman–Crippen MR) is 117 cm³/mol. The van der Waals surface area contributed by atoms with Gasteiger partial charge < -0.3 is 14.4 Å². The van der Waals surface area contributed by atoms with Gasteiger partial charge in [-0.3, -0.25) is 4.90 Å². The summed E-state index contributed by atoms with van der Waals surface area (Å²) in [5.74, 6) is 2.22. The van der Waals surface area contributed by atoms with Crippen molar-refractivity contribution in [3.63, 3.8) is 0 Å². The van der Waals surface area contributed by atoms with Crippen LogP contribution >= 0.6 is 0 Å². The third kappa shape index (κ3) is 4.12. The van der Waals surface area contributed by atoms with Gasteiger partial charge in [-0.1, -0.05) is 31.5 Å². The highest BCUT2D eigenvalue weighted by molar-refractivity contribution is 5.48. The molecule has 1 fully saturated rings. The average Bonchev–Trinajstić information content (AvgIpc) is 3.47. The molecule has 3 aromatic rings. The standard InChI is InChI=1S/C23H27FN6O2/c1-2-5-20(29-12-10-28(11-13-29)19-7-4-3-6-18(19)24)23-25-26-27-30(23)15-17-8-9-21-22(14-17)32-16-31-21/h3-4,6-9,14,20H,2,5,10-13,15-16H2,1H3. The summed E-state index contributed by atoms with van der Waals surface area (Å²) in [6.07, 6.45) is 1.98. The minimum Gasteiger partial charge on any atom is -0.454 e. The van der Waals surface area contributed by atoms with Crippen molar-refractivity contribution >= 4 is 5.69 Å². The van der Waals surface area contributed by atoms with E-state index in [9.17, 15) is 4.39 Å². The maximum atomic E-state index is 14.2. The monoisotopic (exact) mass is 438 g/mol. The zero-order chi connectivity index (χ0) is 21.9. The molecule has 1 saturated heterocycles. The van der Waals surface area contributed by atoms with Crippen LogP contribution in [0.5, 0.6) is 11.5 Å². The van der Waals surface area contributed by atoms with Gasteiger partial charge in [0.25, 0.3) is 0 Å². The normalized spacial score (nSPS) is 17.0. The molecule has 0 N–H and O–H groups in total. The summed E-state index contributed by atoms with van der Waals surface area (Å²) >= 11 is 0. The summed E-state index contributed by atoms with van der Waals surface area (Å²) < 4.78 is 27.0. The Morgan fingerprint density at radius 2 is 1.84 bits per heavy atom. The molecule has 9 heteroatoms. The van der Waals surface area contributed by atoms with Gasteiger partial charge in [0.1, 0.15) is 5.82 Å². The minimum atomic E-state index is -0.168. The smallest absolute Gasteiger partial charge is 0.231 e. The van der Waals surface area contributed by atoms with Crippen molar-refractivity contribution in [2.45, 2.75) is 32.4 Å². The van der Waals surface area contributed by atoms with Crippen molar-refractivity contribution in [3.05, 3.63) is 59.7 Å². The van der Waals surface area contributed by atoms with Crippen molar-refractivity contribution in [2.75, 3.05) is 37.9 Å². The van der Waals surface area contributed by atoms with Crippen molar-refractivity contribution < 1.29 is 13.9 Å². The van der Waals surface area contributed by atoms with Crippen LogP contribution in [0, 0.1) is 5.82 Å². The number of aromatic nitrogens is 4. The minimum absolute atomic E-state index is 0.117. The molecule has 0 spiro atoms. The molecule has 2 aliphatic rings. The Morgan fingerprint density at radius 1 is 1.03 bits per heavy atom. The third-order valence-electron chi connectivity index (χ3n) is 6.14. The molecule has 2 aromatic carbocycles. The van der Waals surface area contributed by atoms with Gasteiger partial charge in [-0.2, -0.15) is 0 Å². The van der Waals surface area contributed by atoms with Crippen LogP contribution in [0.4, 0.5) is 10.1 Å². The second-order valence-corrected chi connectivity index (χ2v) is 8.16. The van der Waals surface area contributed by atoms with Gasteiger partial charge in [-0.25, -0.2) is 9.07 Å². The van der Waals surface area contributed by atoms with Gasteiger partial charge in [0.05, 0.1) is 18.3 Å². The fraction of sp³-hybridized carbons (Fsp3) is 0.435. The van der Waals surface area contributed by atoms with Gasteiger partial charge in [-0.15, -0.1) is 5.10 Å². The first kappa shape index (κ1) is 20.7. The number of fused-ring (bicyclic) bond motifs is 1. The number of ether oxygens (including phenoxy) is 2. The van der Waals surface area contributed by atoms with E-state index in [2.05, 4.69) is 32.2 Å². The molecular weight excluding hydrogens is 411 g/mol. The zero-order valence-electron chi connectivity index (χ0n) is 18.2. The quantitative estimate of drug-likeness (QED) is 0.561. The van der Waals surface area contributed by atoms with E-state index in [4.69, 9.17) is 9.47 Å². The Labute approximate surface area is 186 Å². The second-order valence-electron chi connectivity index (χ2n) is 8.16. The Bertz CT molecular complexity index is 1070. The molecular formula is C23H27FN6O2. The highest BCUT2D eigenvalue weighted by Gasteiger charge is 2.29. The fourth-order valence-electron chi connectivity index (χ4n) is 4.51. The highest BCUT2D eigenvalue weighted by atomic mass is 19.1. The van der Waals surface area contributed by atoms with Crippen LogP contribution in [0.25, 0.3) is 0 Å². The van der Waals surface area contributed by atoms with Gasteiger partial charge in [0, 0.05) is 26.2 Å². The van der Waals surface area contributed by atoms with Crippen molar-refractivity contribution in [1.29, 1.82) is 0 Å². The molecule has 3 heterocycles. The fourth-order valence-corrected chi connectivity index (χ4v) is 4.51. The lowest BCUT2D eigenvalue weighted by molar-refractivity contribution is 0.164. The Kier molecular flexibility index (Phi) is 5.89. The van der Waals surface area contributed by atoms with Gasteiger partial charge in [0.2, 0.25) is 6.79 Å². The number of rotatable bonds is 7. The molecule has 1 atom stereocenters. The summed E-state index contributed by atoms with van der Waals surface area (Å²) in [6.45, 7) is 6.19. The first-order valence-electron chi connectivity index (χ1n) is 11.1. The van der Waals surface area contributed by atoms with E-state index in [1.807, 2.05) is 35.0 Å². The van der Waals surface area contributed by atoms with Gasteiger partial charge >= 0.3 is 0 Å². The molecule has 1 unspecified atom stereocenters. The van der Waals surface area contributed by atoms with E-state index in [0.717, 1.165) is 61.9 Å². The van der Waals surface area contributed by atoms with Crippen LogP contribution in [0.2, 0.25) is 0 Å².